The molecule has 1 nitrogen and oxygen atoms in total. The zero-order valence-corrected chi connectivity index (χ0v) is 6.41. The number of rotatable bonds is 2. The van der Waals surface area contributed by atoms with Crippen LogP contribution in [0.4, 0.5) is 0 Å². The summed E-state index contributed by atoms with van der Waals surface area (Å²) in [6, 6.07) is 0. The molecule has 0 aromatic carbocycles. The lowest BCUT2D eigenvalue weighted by molar-refractivity contribution is 0.603. The second-order valence-corrected chi connectivity index (χ2v) is 2.92. The molecule has 1 heterocycles. The molecule has 0 aliphatic carbocycles. The minimum Gasteiger partial charge on any atom is -0.269 e. The summed E-state index contributed by atoms with van der Waals surface area (Å²) in [7, 11) is 0.0826. The average Bonchev–Trinajstić information content (AvgIpc) is 2.33. The number of hydrogen-bond acceptors (Lipinski definition) is 2. The first-order valence-corrected chi connectivity index (χ1v) is 4.16. The van der Waals surface area contributed by atoms with Gasteiger partial charge in [-0.1, -0.05) is 12.7 Å². The van der Waals surface area contributed by atoms with Crippen molar-refractivity contribution in [3.8, 4) is 0 Å². The van der Waals surface area contributed by atoms with E-state index in [9.17, 15) is 4.57 Å². The Kier molecular flexibility index (Phi) is 2.15. The maximum atomic E-state index is 10.3. The van der Waals surface area contributed by atoms with Gasteiger partial charge in [0.2, 0.25) is 0 Å². The van der Waals surface area contributed by atoms with Crippen LogP contribution in [0.2, 0.25) is 0 Å². The molecule has 3 heteroatoms. The fourth-order valence-corrected chi connectivity index (χ4v) is 1.93. The van der Waals surface area contributed by atoms with Crippen LogP contribution in [0.1, 0.15) is 5.56 Å². The maximum absolute atomic E-state index is 10.3. The molecule has 0 aliphatic heterocycles. The van der Waals surface area contributed by atoms with E-state index in [1.54, 1.807) is 6.08 Å². The molecular formula is C6H5OPS. The van der Waals surface area contributed by atoms with Crippen molar-refractivity contribution >= 4 is 31.2 Å². The van der Waals surface area contributed by atoms with Gasteiger partial charge < -0.3 is 0 Å². The lowest BCUT2D eigenvalue weighted by atomic mass is 10.3. The maximum Gasteiger partial charge on any atom is 0.193 e. The Hall–Kier alpha value is -0.460. The monoisotopic (exact) mass is 156 g/mol. The average molecular weight is 156 g/mol. The van der Waals surface area contributed by atoms with E-state index in [-0.39, 0.29) is 8.46 Å². The SMILES string of the molecule is C=Cc1cscc1P=O. The second-order valence-electron chi connectivity index (χ2n) is 1.51. The molecule has 46 valence electrons. The van der Waals surface area contributed by atoms with E-state index in [1.165, 1.54) is 11.3 Å². The highest BCUT2D eigenvalue weighted by molar-refractivity contribution is 7.35. The highest BCUT2D eigenvalue weighted by Crippen LogP contribution is 2.10. The van der Waals surface area contributed by atoms with Crippen molar-refractivity contribution < 1.29 is 4.57 Å². The van der Waals surface area contributed by atoms with Crippen LogP contribution in [-0.2, 0) is 4.57 Å². The van der Waals surface area contributed by atoms with Crippen LogP contribution in [0, 0.1) is 0 Å². The summed E-state index contributed by atoms with van der Waals surface area (Å²) in [6.07, 6.45) is 1.71. The first kappa shape index (κ1) is 6.66. The molecule has 0 atom stereocenters. The molecular weight excluding hydrogens is 151 g/mol. The largest absolute Gasteiger partial charge is 0.269 e. The molecule has 0 bridgehead atoms. The Morgan fingerprint density at radius 1 is 1.67 bits per heavy atom. The molecule has 0 radical (unpaired) electrons. The van der Waals surface area contributed by atoms with Gasteiger partial charge in [-0.15, -0.1) is 0 Å². The van der Waals surface area contributed by atoms with Gasteiger partial charge in [-0.25, -0.2) is 0 Å². The Labute approximate surface area is 59.2 Å². The first-order chi connectivity index (χ1) is 4.38. The van der Waals surface area contributed by atoms with Crippen molar-refractivity contribution in [3.05, 3.63) is 22.9 Å². The summed E-state index contributed by atoms with van der Waals surface area (Å²) < 4.78 is 10.3. The molecule has 0 unspecified atom stereocenters. The Balaban J connectivity index is 3.12. The molecule has 0 saturated carbocycles. The molecule has 0 aliphatic rings. The third-order valence-electron chi connectivity index (χ3n) is 0.989. The van der Waals surface area contributed by atoms with Crippen molar-refractivity contribution in [2.24, 2.45) is 0 Å². The summed E-state index contributed by atoms with van der Waals surface area (Å²) in [5.74, 6) is 0. The van der Waals surface area contributed by atoms with Crippen molar-refractivity contribution in [2.75, 3.05) is 0 Å². The summed E-state index contributed by atoms with van der Waals surface area (Å²) >= 11 is 1.54. The molecule has 1 rings (SSSR count). The fourth-order valence-electron chi connectivity index (χ4n) is 0.527. The normalized spacial score (nSPS) is 9.78. The fraction of sp³-hybridized carbons (Fsp3) is 0. The van der Waals surface area contributed by atoms with Crippen molar-refractivity contribution in [1.29, 1.82) is 0 Å². The topological polar surface area (TPSA) is 17.1 Å². The molecule has 1 aromatic rings. The summed E-state index contributed by atoms with van der Waals surface area (Å²) in [5.41, 5.74) is 0.969. The van der Waals surface area contributed by atoms with Gasteiger partial charge in [0.25, 0.3) is 0 Å². The third-order valence-corrected chi connectivity index (χ3v) is 2.51. The van der Waals surface area contributed by atoms with Gasteiger partial charge in [0.05, 0.1) is 5.30 Å². The molecule has 0 N–H and O–H groups in total. The van der Waals surface area contributed by atoms with E-state index < -0.39 is 0 Å². The molecule has 9 heavy (non-hydrogen) atoms. The minimum atomic E-state index is 0.0826. The van der Waals surface area contributed by atoms with Crippen LogP contribution >= 0.6 is 19.8 Å². The minimum absolute atomic E-state index is 0.0826. The zero-order chi connectivity index (χ0) is 6.69. The van der Waals surface area contributed by atoms with Crippen molar-refractivity contribution in [1.82, 2.24) is 0 Å². The van der Waals surface area contributed by atoms with Gasteiger partial charge in [0.15, 0.2) is 8.46 Å². The number of hydrogen-bond donors (Lipinski definition) is 0. The lowest BCUT2D eigenvalue weighted by Gasteiger charge is -1.80. The van der Waals surface area contributed by atoms with Crippen LogP contribution < -0.4 is 5.30 Å². The van der Waals surface area contributed by atoms with Crippen molar-refractivity contribution in [2.45, 2.75) is 0 Å². The predicted octanol–water partition coefficient (Wildman–Crippen LogP) is 2.31. The van der Waals surface area contributed by atoms with Crippen LogP contribution in [0.5, 0.6) is 0 Å². The van der Waals surface area contributed by atoms with E-state index in [4.69, 9.17) is 0 Å². The Bertz CT molecular complexity index is 206. The highest BCUT2D eigenvalue weighted by Gasteiger charge is 1.96. The zero-order valence-electron chi connectivity index (χ0n) is 4.70. The summed E-state index contributed by atoms with van der Waals surface area (Å²) in [6.45, 7) is 3.58. The second kappa shape index (κ2) is 2.90. The third kappa shape index (κ3) is 1.26. The quantitative estimate of drug-likeness (QED) is 0.600. The van der Waals surface area contributed by atoms with Crippen LogP contribution in [-0.4, -0.2) is 0 Å². The van der Waals surface area contributed by atoms with E-state index in [1.807, 2.05) is 10.8 Å². The molecule has 0 saturated heterocycles. The van der Waals surface area contributed by atoms with E-state index in [0.29, 0.717) is 0 Å². The van der Waals surface area contributed by atoms with Gasteiger partial charge in [-0.05, 0) is 10.9 Å². The molecule has 0 spiro atoms. The van der Waals surface area contributed by atoms with Gasteiger partial charge >= 0.3 is 0 Å². The summed E-state index contributed by atoms with van der Waals surface area (Å²) in [4.78, 5) is 0. The van der Waals surface area contributed by atoms with Gasteiger partial charge in [0, 0.05) is 5.38 Å². The Morgan fingerprint density at radius 2 is 2.44 bits per heavy atom. The van der Waals surface area contributed by atoms with E-state index in [2.05, 4.69) is 6.58 Å². The van der Waals surface area contributed by atoms with Gasteiger partial charge in [0.1, 0.15) is 0 Å². The number of thiophene rings is 1. The predicted molar refractivity (Wildman–Crippen MR) is 41.7 cm³/mol. The standard InChI is InChI=1S/C6H5OPS/c1-2-5-3-9-4-6(5)8-7/h2-4H,1H2. The Morgan fingerprint density at radius 3 is 2.89 bits per heavy atom. The molecule has 1 aromatic heterocycles. The first-order valence-electron chi connectivity index (χ1n) is 2.40. The molecule has 0 amide bonds. The van der Waals surface area contributed by atoms with E-state index in [0.717, 1.165) is 10.9 Å². The molecule has 0 fully saturated rings. The smallest absolute Gasteiger partial charge is 0.193 e. The lowest BCUT2D eigenvalue weighted by Crippen LogP contribution is -1.87. The van der Waals surface area contributed by atoms with Gasteiger partial charge in [-0.2, -0.15) is 11.3 Å². The highest BCUT2D eigenvalue weighted by atomic mass is 32.1. The van der Waals surface area contributed by atoms with Crippen LogP contribution in [0.25, 0.3) is 6.08 Å². The van der Waals surface area contributed by atoms with E-state index >= 15 is 0 Å². The van der Waals surface area contributed by atoms with Crippen LogP contribution in [0.3, 0.4) is 0 Å². The summed E-state index contributed by atoms with van der Waals surface area (Å²) in [5, 5.41) is 4.61. The van der Waals surface area contributed by atoms with Gasteiger partial charge in [-0.3, -0.25) is 4.57 Å². The van der Waals surface area contributed by atoms with Crippen LogP contribution in [0.15, 0.2) is 17.3 Å². The van der Waals surface area contributed by atoms with Crippen molar-refractivity contribution in [3.63, 3.8) is 0 Å².